The van der Waals surface area contributed by atoms with E-state index < -0.39 is 0 Å². The Morgan fingerprint density at radius 1 is 1.30 bits per heavy atom. The van der Waals surface area contributed by atoms with Crippen molar-refractivity contribution in [2.75, 3.05) is 26.2 Å². The first kappa shape index (κ1) is 14.4. The monoisotopic (exact) mass is 280 g/mol. The molecule has 1 aliphatic rings. The van der Waals surface area contributed by atoms with Crippen molar-refractivity contribution in [3.63, 3.8) is 0 Å². The maximum Gasteiger partial charge on any atom is 0.244 e. The SMILES string of the molecule is CC(=O)N1CCN(C(=O)Cn2cc(C(C)N)nn2)CC1. The molecule has 1 fully saturated rings. The van der Waals surface area contributed by atoms with E-state index in [9.17, 15) is 9.59 Å². The summed E-state index contributed by atoms with van der Waals surface area (Å²) >= 11 is 0. The van der Waals surface area contributed by atoms with Gasteiger partial charge in [-0.15, -0.1) is 5.10 Å². The minimum absolute atomic E-state index is 0.0191. The highest BCUT2D eigenvalue weighted by Gasteiger charge is 2.22. The average molecular weight is 280 g/mol. The summed E-state index contributed by atoms with van der Waals surface area (Å²) in [5.41, 5.74) is 6.36. The van der Waals surface area contributed by atoms with Gasteiger partial charge in [-0.25, -0.2) is 4.68 Å². The van der Waals surface area contributed by atoms with E-state index in [-0.39, 0.29) is 24.4 Å². The summed E-state index contributed by atoms with van der Waals surface area (Å²) in [4.78, 5) is 26.8. The first-order chi connectivity index (χ1) is 9.47. The quantitative estimate of drug-likeness (QED) is 0.765. The summed E-state index contributed by atoms with van der Waals surface area (Å²) in [6.07, 6.45) is 1.69. The van der Waals surface area contributed by atoms with Gasteiger partial charge in [0.05, 0.1) is 11.9 Å². The Hall–Kier alpha value is -1.96. The van der Waals surface area contributed by atoms with Gasteiger partial charge in [-0.05, 0) is 6.92 Å². The van der Waals surface area contributed by atoms with Gasteiger partial charge in [0, 0.05) is 39.1 Å². The molecule has 1 saturated heterocycles. The van der Waals surface area contributed by atoms with E-state index in [1.54, 1.807) is 22.9 Å². The largest absolute Gasteiger partial charge is 0.339 e. The van der Waals surface area contributed by atoms with Gasteiger partial charge >= 0.3 is 0 Å². The van der Waals surface area contributed by atoms with E-state index in [1.807, 2.05) is 6.92 Å². The molecular formula is C12H20N6O2. The van der Waals surface area contributed by atoms with Crippen molar-refractivity contribution in [2.24, 2.45) is 5.73 Å². The van der Waals surface area contributed by atoms with Gasteiger partial charge in [-0.2, -0.15) is 0 Å². The van der Waals surface area contributed by atoms with E-state index in [4.69, 9.17) is 5.73 Å². The molecule has 1 unspecified atom stereocenters. The molecule has 2 N–H and O–H groups in total. The van der Waals surface area contributed by atoms with Crippen molar-refractivity contribution in [2.45, 2.75) is 26.4 Å². The smallest absolute Gasteiger partial charge is 0.244 e. The van der Waals surface area contributed by atoms with Crippen molar-refractivity contribution >= 4 is 11.8 Å². The number of aromatic nitrogens is 3. The first-order valence-corrected chi connectivity index (χ1v) is 6.66. The third-order valence-electron chi connectivity index (χ3n) is 3.40. The van der Waals surface area contributed by atoms with Gasteiger partial charge < -0.3 is 15.5 Å². The van der Waals surface area contributed by atoms with Crippen LogP contribution in [0.1, 0.15) is 25.6 Å². The van der Waals surface area contributed by atoms with Gasteiger partial charge in [-0.1, -0.05) is 5.21 Å². The average Bonchev–Trinajstić information content (AvgIpc) is 2.87. The molecular weight excluding hydrogens is 260 g/mol. The van der Waals surface area contributed by atoms with E-state index >= 15 is 0 Å². The third kappa shape index (κ3) is 3.32. The summed E-state index contributed by atoms with van der Waals surface area (Å²) in [5, 5.41) is 7.80. The highest BCUT2D eigenvalue weighted by molar-refractivity contribution is 5.77. The molecule has 2 rings (SSSR count). The molecule has 2 heterocycles. The second kappa shape index (κ2) is 6.00. The second-order valence-corrected chi connectivity index (χ2v) is 5.02. The number of hydrogen-bond acceptors (Lipinski definition) is 5. The second-order valence-electron chi connectivity index (χ2n) is 5.02. The van der Waals surface area contributed by atoms with Crippen LogP contribution in [-0.2, 0) is 16.1 Å². The maximum absolute atomic E-state index is 12.1. The van der Waals surface area contributed by atoms with Gasteiger partial charge in [0.1, 0.15) is 6.54 Å². The molecule has 2 amide bonds. The Balaban J connectivity index is 1.87. The standard InChI is InChI=1S/C12H20N6O2/c1-9(13)11-7-18(15-14-11)8-12(20)17-5-3-16(4-6-17)10(2)19/h7,9H,3-6,8,13H2,1-2H3. The summed E-state index contributed by atoms with van der Waals surface area (Å²) in [6, 6.07) is -0.196. The number of carbonyl (C=O) groups excluding carboxylic acids is 2. The molecule has 1 aromatic heterocycles. The highest BCUT2D eigenvalue weighted by Crippen LogP contribution is 2.06. The van der Waals surface area contributed by atoms with Crippen LogP contribution in [0, 0.1) is 0 Å². The molecule has 20 heavy (non-hydrogen) atoms. The summed E-state index contributed by atoms with van der Waals surface area (Å²) < 4.78 is 1.50. The maximum atomic E-state index is 12.1. The van der Waals surface area contributed by atoms with Crippen LogP contribution in [0.25, 0.3) is 0 Å². The number of piperazine rings is 1. The highest BCUT2D eigenvalue weighted by atomic mass is 16.2. The topological polar surface area (TPSA) is 97.4 Å². The van der Waals surface area contributed by atoms with E-state index in [0.717, 1.165) is 0 Å². The Labute approximate surface area is 117 Å². The van der Waals surface area contributed by atoms with E-state index in [1.165, 1.54) is 4.68 Å². The van der Waals surface area contributed by atoms with Crippen molar-refractivity contribution < 1.29 is 9.59 Å². The molecule has 0 aliphatic carbocycles. The Morgan fingerprint density at radius 3 is 2.40 bits per heavy atom. The number of nitrogens with zero attached hydrogens (tertiary/aromatic N) is 5. The first-order valence-electron chi connectivity index (χ1n) is 6.66. The van der Waals surface area contributed by atoms with Gasteiger partial charge in [0.15, 0.2) is 0 Å². The predicted octanol–water partition coefficient (Wildman–Crippen LogP) is -1.01. The minimum atomic E-state index is -0.196. The molecule has 0 bridgehead atoms. The van der Waals surface area contributed by atoms with E-state index in [0.29, 0.717) is 31.9 Å². The third-order valence-corrected chi connectivity index (χ3v) is 3.40. The Kier molecular flexibility index (Phi) is 4.33. The van der Waals surface area contributed by atoms with Crippen molar-refractivity contribution in [1.82, 2.24) is 24.8 Å². The molecule has 1 aliphatic heterocycles. The van der Waals surface area contributed by atoms with Crippen LogP contribution in [0.3, 0.4) is 0 Å². The van der Waals surface area contributed by atoms with E-state index in [2.05, 4.69) is 10.3 Å². The Bertz CT molecular complexity index is 490. The van der Waals surface area contributed by atoms with Gasteiger partial charge in [0.25, 0.3) is 0 Å². The van der Waals surface area contributed by atoms with Crippen LogP contribution >= 0.6 is 0 Å². The molecule has 110 valence electrons. The zero-order valence-corrected chi connectivity index (χ0v) is 11.8. The van der Waals surface area contributed by atoms with Crippen molar-refractivity contribution in [3.05, 3.63) is 11.9 Å². The molecule has 0 aromatic carbocycles. The van der Waals surface area contributed by atoms with Crippen LogP contribution in [0.15, 0.2) is 6.20 Å². The lowest BCUT2D eigenvalue weighted by molar-refractivity contribution is -0.138. The predicted molar refractivity (Wildman–Crippen MR) is 71.5 cm³/mol. The lowest BCUT2D eigenvalue weighted by Crippen LogP contribution is -2.50. The molecule has 8 nitrogen and oxygen atoms in total. The fourth-order valence-electron chi connectivity index (χ4n) is 2.11. The molecule has 1 atom stereocenters. The lowest BCUT2D eigenvalue weighted by atomic mass is 10.3. The zero-order valence-electron chi connectivity index (χ0n) is 11.8. The summed E-state index contributed by atoms with van der Waals surface area (Å²) in [6.45, 7) is 5.81. The number of rotatable bonds is 3. The minimum Gasteiger partial charge on any atom is -0.339 e. The van der Waals surface area contributed by atoms with Crippen molar-refractivity contribution in [3.8, 4) is 0 Å². The van der Waals surface area contributed by atoms with Crippen molar-refractivity contribution in [1.29, 1.82) is 0 Å². The fourth-order valence-corrected chi connectivity index (χ4v) is 2.11. The number of carbonyl (C=O) groups is 2. The molecule has 0 spiro atoms. The summed E-state index contributed by atoms with van der Waals surface area (Å²) in [7, 11) is 0. The molecule has 1 aromatic rings. The van der Waals surface area contributed by atoms with Crippen LogP contribution in [0.4, 0.5) is 0 Å². The van der Waals surface area contributed by atoms with Gasteiger partial charge in [0.2, 0.25) is 11.8 Å². The zero-order chi connectivity index (χ0) is 14.7. The van der Waals surface area contributed by atoms with Gasteiger partial charge in [-0.3, -0.25) is 9.59 Å². The molecule has 0 saturated carbocycles. The van der Waals surface area contributed by atoms with Crippen LogP contribution in [-0.4, -0.2) is 62.8 Å². The van der Waals surface area contributed by atoms with Crippen LogP contribution in [0.5, 0.6) is 0 Å². The Morgan fingerprint density at radius 2 is 1.90 bits per heavy atom. The van der Waals surface area contributed by atoms with Crippen LogP contribution in [0.2, 0.25) is 0 Å². The lowest BCUT2D eigenvalue weighted by Gasteiger charge is -2.34. The number of nitrogens with two attached hydrogens (primary N) is 1. The number of amides is 2. The molecule has 0 radical (unpaired) electrons. The normalized spacial score (nSPS) is 17.1. The number of hydrogen-bond donors (Lipinski definition) is 1. The summed E-state index contributed by atoms with van der Waals surface area (Å²) in [5.74, 6) is 0.0317. The fraction of sp³-hybridized carbons (Fsp3) is 0.667. The van der Waals surface area contributed by atoms with Crippen LogP contribution < -0.4 is 5.73 Å². The molecule has 8 heteroatoms.